The Morgan fingerprint density at radius 1 is 1.50 bits per heavy atom. The van der Waals surface area contributed by atoms with Gasteiger partial charge >= 0.3 is 5.97 Å². The maximum absolute atomic E-state index is 11.2. The summed E-state index contributed by atoms with van der Waals surface area (Å²) < 4.78 is 1.22. The molecule has 0 amide bonds. The van der Waals surface area contributed by atoms with Crippen LogP contribution in [0.3, 0.4) is 0 Å². The van der Waals surface area contributed by atoms with Crippen LogP contribution in [0.25, 0.3) is 5.69 Å². The minimum absolute atomic E-state index is 0.0835. The van der Waals surface area contributed by atoms with E-state index in [1.807, 2.05) is 6.92 Å². The van der Waals surface area contributed by atoms with Crippen molar-refractivity contribution in [2.75, 3.05) is 0 Å². The average Bonchev–Trinajstić information content (AvgIpc) is 2.86. The molecule has 104 valence electrons. The molecule has 0 saturated carbocycles. The van der Waals surface area contributed by atoms with E-state index in [2.05, 4.69) is 15.5 Å². The maximum Gasteiger partial charge on any atom is 0.337 e. The summed E-state index contributed by atoms with van der Waals surface area (Å²) >= 11 is 0. The van der Waals surface area contributed by atoms with Gasteiger partial charge in [-0.2, -0.15) is 4.68 Å². The average molecular weight is 277 g/mol. The number of nitrogens with zero attached hydrogens (tertiary/aromatic N) is 5. The number of tetrazole rings is 1. The molecule has 0 atom stereocenters. The first-order valence-corrected chi connectivity index (χ1v) is 5.84. The normalized spacial score (nSPS) is 10.4. The molecule has 0 aliphatic heterocycles. The van der Waals surface area contributed by atoms with Gasteiger partial charge in [-0.3, -0.25) is 10.1 Å². The highest BCUT2D eigenvalue weighted by atomic mass is 16.6. The fourth-order valence-electron chi connectivity index (χ4n) is 1.76. The molecule has 0 unspecified atom stereocenters. The quantitative estimate of drug-likeness (QED) is 0.643. The highest BCUT2D eigenvalue weighted by Crippen LogP contribution is 2.22. The van der Waals surface area contributed by atoms with Gasteiger partial charge in [0.1, 0.15) is 0 Å². The predicted molar refractivity (Wildman–Crippen MR) is 66.8 cm³/mol. The Bertz CT molecular complexity index is 667. The van der Waals surface area contributed by atoms with E-state index >= 15 is 0 Å². The first-order valence-electron chi connectivity index (χ1n) is 5.84. The summed E-state index contributed by atoms with van der Waals surface area (Å²) in [7, 11) is 0. The van der Waals surface area contributed by atoms with E-state index in [0.717, 1.165) is 18.6 Å². The molecular weight excluding hydrogens is 266 g/mol. The van der Waals surface area contributed by atoms with E-state index in [4.69, 9.17) is 5.11 Å². The molecule has 0 aliphatic rings. The van der Waals surface area contributed by atoms with Crippen LogP contribution < -0.4 is 0 Å². The molecule has 1 heterocycles. The molecule has 1 N–H and O–H groups in total. The van der Waals surface area contributed by atoms with Crippen LogP contribution in [0.1, 0.15) is 29.5 Å². The molecule has 2 rings (SSSR count). The minimum Gasteiger partial charge on any atom is -0.478 e. The largest absolute Gasteiger partial charge is 0.478 e. The summed E-state index contributed by atoms with van der Waals surface area (Å²) in [5, 5.41) is 31.0. The number of aryl methyl sites for hydroxylation is 1. The Labute approximate surface area is 113 Å². The monoisotopic (exact) mass is 277 g/mol. The first kappa shape index (κ1) is 13.6. The molecule has 0 radical (unpaired) electrons. The van der Waals surface area contributed by atoms with Crippen LogP contribution in [0, 0.1) is 10.1 Å². The van der Waals surface area contributed by atoms with Crippen molar-refractivity contribution in [1.82, 2.24) is 20.2 Å². The molecule has 0 spiro atoms. The third kappa shape index (κ3) is 2.46. The van der Waals surface area contributed by atoms with Crippen molar-refractivity contribution in [3.63, 3.8) is 0 Å². The van der Waals surface area contributed by atoms with E-state index < -0.39 is 10.9 Å². The number of aromatic carboxylic acids is 1. The first-order chi connectivity index (χ1) is 9.54. The fourth-order valence-corrected chi connectivity index (χ4v) is 1.76. The number of carbonyl (C=O) groups is 1. The van der Waals surface area contributed by atoms with Gasteiger partial charge in [0.05, 0.1) is 16.2 Å². The molecule has 0 aliphatic carbocycles. The number of benzene rings is 1. The Morgan fingerprint density at radius 2 is 2.25 bits per heavy atom. The van der Waals surface area contributed by atoms with Crippen molar-refractivity contribution in [3.05, 3.63) is 39.7 Å². The van der Waals surface area contributed by atoms with Gasteiger partial charge in [0.15, 0.2) is 5.82 Å². The Hall–Kier alpha value is -2.84. The third-order valence-electron chi connectivity index (χ3n) is 2.66. The van der Waals surface area contributed by atoms with Gasteiger partial charge in [-0.25, -0.2) is 4.79 Å². The predicted octanol–water partition coefficient (Wildman–Crippen LogP) is 1.22. The maximum atomic E-state index is 11.2. The van der Waals surface area contributed by atoms with Gasteiger partial charge in [-0.15, -0.1) is 5.10 Å². The molecule has 1 aromatic heterocycles. The van der Waals surface area contributed by atoms with Crippen molar-refractivity contribution in [2.45, 2.75) is 19.8 Å². The van der Waals surface area contributed by atoms with Gasteiger partial charge in [-0.05, 0) is 22.9 Å². The molecule has 1 aromatic carbocycles. The van der Waals surface area contributed by atoms with E-state index in [9.17, 15) is 14.9 Å². The second kappa shape index (κ2) is 5.43. The smallest absolute Gasteiger partial charge is 0.337 e. The molecule has 9 heteroatoms. The standard InChI is InChI=1S/C11H11N5O4/c1-2-3-10-12-13-14-15(10)9-6-7(16(19)20)4-5-8(9)11(17)18/h4-6H,2-3H2,1H3,(H,17,18). The van der Waals surface area contributed by atoms with Crippen LogP contribution in [-0.2, 0) is 6.42 Å². The van der Waals surface area contributed by atoms with E-state index in [0.29, 0.717) is 12.2 Å². The van der Waals surface area contributed by atoms with Crippen LogP contribution in [-0.4, -0.2) is 36.2 Å². The molecular formula is C11H11N5O4. The molecule has 0 bridgehead atoms. The van der Waals surface area contributed by atoms with E-state index in [1.165, 1.54) is 10.7 Å². The summed E-state index contributed by atoms with van der Waals surface area (Å²) in [6.45, 7) is 1.92. The van der Waals surface area contributed by atoms with Gasteiger partial charge in [-0.1, -0.05) is 6.92 Å². The summed E-state index contributed by atoms with van der Waals surface area (Å²) in [5.74, 6) is -0.747. The topological polar surface area (TPSA) is 124 Å². The lowest BCUT2D eigenvalue weighted by atomic mass is 10.1. The number of nitro groups is 1. The van der Waals surface area contributed by atoms with Gasteiger partial charge in [0.2, 0.25) is 0 Å². The Balaban J connectivity index is 2.63. The lowest BCUT2D eigenvalue weighted by molar-refractivity contribution is -0.384. The van der Waals surface area contributed by atoms with Gasteiger partial charge in [0.25, 0.3) is 5.69 Å². The highest BCUT2D eigenvalue weighted by Gasteiger charge is 2.19. The van der Waals surface area contributed by atoms with Crippen molar-refractivity contribution >= 4 is 11.7 Å². The van der Waals surface area contributed by atoms with Crippen LogP contribution in [0.4, 0.5) is 5.69 Å². The lowest BCUT2D eigenvalue weighted by Gasteiger charge is -2.07. The van der Waals surface area contributed by atoms with Crippen molar-refractivity contribution in [3.8, 4) is 5.69 Å². The number of carboxylic acid groups (broad SMARTS) is 1. The third-order valence-corrected chi connectivity index (χ3v) is 2.66. The number of nitro benzene ring substituents is 1. The number of non-ortho nitro benzene ring substituents is 1. The summed E-state index contributed by atoms with van der Waals surface area (Å²) in [6.07, 6.45) is 1.30. The number of carboxylic acids is 1. The van der Waals surface area contributed by atoms with Crippen LogP contribution in [0.15, 0.2) is 18.2 Å². The SMILES string of the molecule is CCCc1nnnn1-c1cc([N+](=O)[O-])ccc1C(=O)O. The molecule has 0 saturated heterocycles. The van der Waals surface area contributed by atoms with E-state index in [-0.39, 0.29) is 16.9 Å². The van der Waals surface area contributed by atoms with Crippen LogP contribution >= 0.6 is 0 Å². The lowest BCUT2D eigenvalue weighted by Crippen LogP contribution is -2.10. The van der Waals surface area contributed by atoms with Crippen LogP contribution in [0.2, 0.25) is 0 Å². The number of rotatable bonds is 5. The molecule has 20 heavy (non-hydrogen) atoms. The number of hydrogen-bond donors (Lipinski definition) is 1. The zero-order valence-corrected chi connectivity index (χ0v) is 10.6. The second-order valence-electron chi connectivity index (χ2n) is 4.02. The molecule has 2 aromatic rings. The fraction of sp³-hybridized carbons (Fsp3) is 0.273. The van der Waals surface area contributed by atoms with Crippen molar-refractivity contribution in [1.29, 1.82) is 0 Å². The molecule has 9 nitrogen and oxygen atoms in total. The summed E-state index contributed by atoms with van der Waals surface area (Å²) in [6, 6.07) is 3.46. The van der Waals surface area contributed by atoms with Crippen molar-refractivity contribution < 1.29 is 14.8 Å². The van der Waals surface area contributed by atoms with E-state index in [1.54, 1.807) is 0 Å². The molecule has 0 fully saturated rings. The second-order valence-corrected chi connectivity index (χ2v) is 4.02. The summed E-state index contributed by atoms with van der Waals surface area (Å²) in [5.41, 5.74) is -0.233. The zero-order valence-electron chi connectivity index (χ0n) is 10.6. The van der Waals surface area contributed by atoms with Crippen LogP contribution in [0.5, 0.6) is 0 Å². The van der Waals surface area contributed by atoms with Gasteiger partial charge in [0, 0.05) is 18.6 Å². The Morgan fingerprint density at radius 3 is 2.85 bits per heavy atom. The zero-order chi connectivity index (χ0) is 14.7. The summed E-state index contributed by atoms with van der Waals surface area (Å²) in [4.78, 5) is 21.4. The number of aromatic nitrogens is 4. The van der Waals surface area contributed by atoms with Crippen molar-refractivity contribution in [2.24, 2.45) is 0 Å². The number of hydrogen-bond acceptors (Lipinski definition) is 6. The minimum atomic E-state index is -1.20. The Kier molecular flexibility index (Phi) is 3.69. The highest BCUT2D eigenvalue weighted by molar-refractivity contribution is 5.92. The van der Waals surface area contributed by atoms with Gasteiger partial charge < -0.3 is 5.11 Å².